The summed E-state index contributed by atoms with van der Waals surface area (Å²) in [6, 6.07) is 0. The topological polar surface area (TPSA) is 77.8 Å². The number of rotatable bonds is 6. The first-order valence-electron chi connectivity index (χ1n) is 5.93. The SMILES string of the molecule is CN(Cc1cn(CCN)nn1)Cc1nccn1C. The smallest absolute Gasteiger partial charge is 0.122 e. The Hall–Kier alpha value is -1.73. The summed E-state index contributed by atoms with van der Waals surface area (Å²) in [5.74, 6) is 1.03. The summed E-state index contributed by atoms with van der Waals surface area (Å²) in [5, 5.41) is 8.13. The predicted octanol–water partition coefficient (Wildman–Crippen LogP) is -0.398. The van der Waals surface area contributed by atoms with Crippen LogP contribution in [-0.2, 0) is 26.7 Å². The molecular formula is C11H19N7. The maximum Gasteiger partial charge on any atom is 0.122 e. The summed E-state index contributed by atoms with van der Waals surface area (Å²) in [4.78, 5) is 6.45. The Morgan fingerprint density at radius 2 is 2.22 bits per heavy atom. The molecule has 2 N–H and O–H groups in total. The lowest BCUT2D eigenvalue weighted by atomic mass is 10.4. The van der Waals surface area contributed by atoms with Crippen LogP contribution in [0, 0.1) is 0 Å². The van der Waals surface area contributed by atoms with Crippen molar-refractivity contribution in [3.05, 3.63) is 30.1 Å². The Morgan fingerprint density at radius 1 is 1.39 bits per heavy atom. The van der Waals surface area contributed by atoms with Gasteiger partial charge >= 0.3 is 0 Å². The summed E-state index contributed by atoms with van der Waals surface area (Å²) < 4.78 is 3.78. The molecule has 0 aliphatic heterocycles. The first-order chi connectivity index (χ1) is 8.69. The highest BCUT2D eigenvalue weighted by Gasteiger charge is 2.07. The molecule has 0 saturated carbocycles. The standard InChI is InChI=1S/C11H19N7/c1-16(9-11-13-4-6-17(11)2)7-10-8-18(5-3-12)15-14-10/h4,6,8H,3,5,7,9,12H2,1-2H3. The zero-order valence-electron chi connectivity index (χ0n) is 10.8. The third-order valence-electron chi connectivity index (χ3n) is 2.71. The molecule has 0 bridgehead atoms. The van der Waals surface area contributed by atoms with E-state index in [1.54, 1.807) is 10.9 Å². The van der Waals surface area contributed by atoms with Gasteiger partial charge in [-0.2, -0.15) is 0 Å². The molecule has 18 heavy (non-hydrogen) atoms. The molecule has 0 atom stereocenters. The van der Waals surface area contributed by atoms with Gasteiger partial charge in [-0.3, -0.25) is 9.58 Å². The lowest BCUT2D eigenvalue weighted by Crippen LogP contribution is -2.19. The molecular weight excluding hydrogens is 230 g/mol. The van der Waals surface area contributed by atoms with Gasteiger partial charge in [0.25, 0.3) is 0 Å². The van der Waals surface area contributed by atoms with E-state index < -0.39 is 0 Å². The number of nitrogens with two attached hydrogens (primary N) is 1. The number of hydrogen-bond donors (Lipinski definition) is 1. The Balaban J connectivity index is 1.90. The second-order valence-electron chi connectivity index (χ2n) is 4.39. The molecule has 0 aromatic carbocycles. The average Bonchev–Trinajstić information content (AvgIpc) is 2.90. The van der Waals surface area contributed by atoms with Crippen molar-refractivity contribution < 1.29 is 0 Å². The monoisotopic (exact) mass is 249 g/mol. The van der Waals surface area contributed by atoms with Crippen molar-refractivity contribution in [2.45, 2.75) is 19.6 Å². The molecule has 0 unspecified atom stereocenters. The number of aromatic nitrogens is 5. The zero-order valence-corrected chi connectivity index (χ0v) is 10.8. The molecule has 7 nitrogen and oxygen atoms in total. The van der Waals surface area contributed by atoms with Gasteiger partial charge in [-0.15, -0.1) is 5.10 Å². The number of imidazole rings is 1. The molecule has 2 heterocycles. The fourth-order valence-corrected chi connectivity index (χ4v) is 1.78. The van der Waals surface area contributed by atoms with Crippen LogP contribution in [0.15, 0.2) is 18.6 Å². The van der Waals surface area contributed by atoms with Crippen molar-refractivity contribution in [2.24, 2.45) is 12.8 Å². The van der Waals surface area contributed by atoms with Crippen molar-refractivity contribution in [2.75, 3.05) is 13.6 Å². The fourth-order valence-electron chi connectivity index (χ4n) is 1.78. The van der Waals surface area contributed by atoms with Crippen LogP contribution >= 0.6 is 0 Å². The molecule has 2 aromatic rings. The molecule has 0 aliphatic rings. The van der Waals surface area contributed by atoms with Gasteiger partial charge in [-0.1, -0.05) is 5.21 Å². The maximum atomic E-state index is 5.47. The normalized spacial score (nSPS) is 11.3. The van der Waals surface area contributed by atoms with Crippen LogP contribution in [0.3, 0.4) is 0 Å². The first kappa shape index (κ1) is 12.7. The second-order valence-corrected chi connectivity index (χ2v) is 4.39. The van der Waals surface area contributed by atoms with E-state index in [-0.39, 0.29) is 0 Å². The van der Waals surface area contributed by atoms with Crippen LogP contribution in [0.5, 0.6) is 0 Å². The van der Waals surface area contributed by atoms with Gasteiger partial charge in [-0.05, 0) is 7.05 Å². The van der Waals surface area contributed by atoms with Crippen molar-refractivity contribution >= 4 is 0 Å². The van der Waals surface area contributed by atoms with E-state index in [9.17, 15) is 0 Å². The molecule has 7 heteroatoms. The van der Waals surface area contributed by atoms with Crippen LogP contribution in [0.1, 0.15) is 11.5 Å². The van der Waals surface area contributed by atoms with Crippen LogP contribution in [0.2, 0.25) is 0 Å². The fraction of sp³-hybridized carbons (Fsp3) is 0.545. The van der Waals surface area contributed by atoms with Gasteiger partial charge in [0.2, 0.25) is 0 Å². The predicted molar refractivity (Wildman–Crippen MR) is 67.5 cm³/mol. The third-order valence-corrected chi connectivity index (χ3v) is 2.71. The summed E-state index contributed by atoms with van der Waals surface area (Å²) in [6.07, 6.45) is 5.68. The summed E-state index contributed by atoms with van der Waals surface area (Å²) in [7, 11) is 4.03. The molecule has 2 rings (SSSR count). The summed E-state index contributed by atoms with van der Waals surface area (Å²) in [5.41, 5.74) is 6.41. The van der Waals surface area contributed by atoms with Gasteiger partial charge in [0.1, 0.15) is 5.82 Å². The van der Waals surface area contributed by atoms with Crippen molar-refractivity contribution in [3.63, 3.8) is 0 Å². The minimum Gasteiger partial charge on any atom is -0.337 e. The number of nitrogens with zero attached hydrogens (tertiary/aromatic N) is 6. The van der Waals surface area contributed by atoms with Crippen LogP contribution in [0.25, 0.3) is 0 Å². The molecule has 0 saturated heterocycles. The quantitative estimate of drug-likeness (QED) is 0.754. The van der Waals surface area contributed by atoms with Crippen molar-refractivity contribution in [3.8, 4) is 0 Å². The maximum absolute atomic E-state index is 5.47. The van der Waals surface area contributed by atoms with Gasteiger partial charge in [0.15, 0.2) is 0 Å². The number of aryl methyl sites for hydroxylation is 1. The van der Waals surface area contributed by atoms with E-state index in [2.05, 4.69) is 20.2 Å². The first-order valence-corrected chi connectivity index (χ1v) is 5.93. The molecule has 98 valence electrons. The van der Waals surface area contributed by atoms with Crippen LogP contribution in [-0.4, -0.2) is 43.0 Å². The Morgan fingerprint density at radius 3 is 2.89 bits per heavy atom. The highest BCUT2D eigenvalue weighted by atomic mass is 15.4. The van der Waals surface area contributed by atoms with Crippen molar-refractivity contribution in [1.82, 2.24) is 29.4 Å². The minimum absolute atomic E-state index is 0.575. The number of hydrogen-bond acceptors (Lipinski definition) is 5. The average molecular weight is 249 g/mol. The zero-order chi connectivity index (χ0) is 13.0. The molecule has 0 radical (unpaired) electrons. The van der Waals surface area contributed by atoms with Gasteiger partial charge in [0.05, 0.1) is 18.8 Å². The minimum atomic E-state index is 0.575. The second kappa shape index (κ2) is 5.74. The molecule has 2 aromatic heterocycles. The lowest BCUT2D eigenvalue weighted by Gasteiger charge is -2.14. The van der Waals surface area contributed by atoms with E-state index in [4.69, 9.17) is 5.73 Å². The van der Waals surface area contributed by atoms with Gasteiger partial charge in [0, 0.05) is 38.7 Å². The Bertz CT molecular complexity index is 487. The Labute approximate surface area is 106 Å². The third kappa shape index (κ3) is 3.14. The summed E-state index contributed by atoms with van der Waals surface area (Å²) >= 11 is 0. The lowest BCUT2D eigenvalue weighted by molar-refractivity contribution is 0.303. The van der Waals surface area contributed by atoms with Crippen molar-refractivity contribution in [1.29, 1.82) is 0 Å². The molecule has 0 amide bonds. The summed E-state index contributed by atoms with van der Waals surface area (Å²) in [6.45, 7) is 2.81. The largest absolute Gasteiger partial charge is 0.337 e. The van der Waals surface area contributed by atoms with E-state index in [0.717, 1.165) is 24.6 Å². The van der Waals surface area contributed by atoms with Crippen LogP contribution in [0.4, 0.5) is 0 Å². The molecule has 0 aliphatic carbocycles. The van der Waals surface area contributed by atoms with Crippen LogP contribution < -0.4 is 5.73 Å². The van der Waals surface area contributed by atoms with E-state index in [1.807, 2.05) is 31.1 Å². The van der Waals surface area contributed by atoms with E-state index in [0.29, 0.717) is 13.1 Å². The van der Waals surface area contributed by atoms with E-state index in [1.165, 1.54) is 0 Å². The molecule has 0 spiro atoms. The Kier molecular flexibility index (Phi) is 4.06. The van der Waals surface area contributed by atoms with Gasteiger partial charge < -0.3 is 10.3 Å². The molecule has 0 fully saturated rings. The highest BCUT2D eigenvalue weighted by Crippen LogP contribution is 2.03. The highest BCUT2D eigenvalue weighted by molar-refractivity contribution is 4.94. The van der Waals surface area contributed by atoms with Gasteiger partial charge in [-0.25, -0.2) is 4.98 Å². The van der Waals surface area contributed by atoms with E-state index >= 15 is 0 Å².